The van der Waals surface area contributed by atoms with E-state index in [-0.39, 0.29) is 72.2 Å². The minimum atomic E-state index is -0.505. The smallest absolute Gasteiger partial charge is 0.244 e. The predicted molar refractivity (Wildman–Crippen MR) is 399 cm³/mol. The zero-order chi connectivity index (χ0) is 77.1. The molecule has 12 aromatic rings. The van der Waals surface area contributed by atoms with E-state index in [0.717, 1.165) is 11.6 Å². The minimum Gasteiger partial charge on any atom is -0.494 e. The molecule has 110 heavy (non-hydrogen) atoms. The van der Waals surface area contributed by atoms with E-state index >= 15 is 0 Å². The molecule has 3 fully saturated rings. The molecule has 6 aromatic carbocycles. The Labute approximate surface area is 629 Å². The van der Waals surface area contributed by atoms with Crippen molar-refractivity contribution in [2.75, 3.05) is 107 Å². The topological polar surface area (TPSA) is 246 Å². The Bertz CT molecular complexity index is 5260. The van der Waals surface area contributed by atoms with Crippen LogP contribution in [0.15, 0.2) is 171 Å². The zero-order valence-corrected chi connectivity index (χ0v) is 61.0. The van der Waals surface area contributed by atoms with Gasteiger partial charge in [-0.3, -0.25) is 14.4 Å². The second-order valence-electron chi connectivity index (χ2n) is 26.2. The van der Waals surface area contributed by atoms with Gasteiger partial charge >= 0.3 is 0 Å². The van der Waals surface area contributed by atoms with Crippen LogP contribution in [0.1, 0.15) is 22.3 Å². The zero-order valence-electron chi connectivity index (χ0n) is 61.0. The molecule has 0 N–H and O–H groups in total. The molecule has 0 bridgehead atoms. The van der Waals surface area contributed by atoms with E-state index in [0.29, 0.717) is 181 Å². The third-order valence-corrected chi connectivity index (χ3v) is 18.9. The maximum atomic E-state index is 14.0. The summed E-state index contributed by atoms with van der Waals surface area (Å²) in [5.41, 5.74) is 5.56. The first kappa shape index (κ1) is 75.3. The van der Waals surface area contributed by atoms with Gasteiger partial charge in [0.1, 0.15) is 66.7 Å². The summed E-state index contributed by atoms with van der Waals surface area (Å²) in [5.74, 6) is 2.66. The minimum absolute atomic E-state index is 0.0114. The van der Waals surface area contributed by atoms with Gasteiger partial charge in [-0.05, 0) is 183 Å². The van der Waals surface area contributed by atoms with E-state index in [1.54, 1.807) is 147 Å². The fourth-order valence-electron chi connectivity index (χ4n) is 12.7. The molecule has 0 unspecified atom stereocenters. The number of aromatic nitrogens is 14. The molecule has 6 aromatic heterocycles. The number of nitrogens with zero attached hydrogens (tertiary/aromatic N) is 20. The second-order valence-corrected chi connectivity index (χ2v) is 26.2. The van der Waals surface area contributed by atoms with Crippen LogP contribution in [0, 0.1) is 62.6 Å². The molecule has 25 nitrogen and oxygen atoms in total. The van der Waals surface area contributed by atoms with Crippen LogP contribution in [0.25, 0.3) is 68.3 Å². The summed E-state index contributed by atoms with van der Waals surface area (Å²) in [6.07, 6.45) is 6.59. The van der Waals surface area contributed by atoms with Crippen molar-refractivity contribution in [1.82, 2.24) is 83.9 Å². The lowest BCUT2D eigenvalue weighted by atomic mass is 10.1. The van der Waals surface area contributed by atoms with Crippen LogP contribution in [0.3, 0.4) is 0 Å². The molecule has 0 saturated carbocycles. The van der Waals surface area contributed by atoms with Crippen molar-refractivity contribution in [3.05, 3.63) is 228 Å². The van der Waals surface area contributed by atoms with Crippen LogP contribution in [0.2, 0.25) is 0 Å². The average Bonchev–Trinajstić information content (AvgIpc) is 1.65. The van der Waals surface area contributed by atoms with Crippen molar-refractivity contribution >= 4 is 35.3 Å². The van der Waals surface area contributed by atoms with Crippen LogP contribution in [0.5, 0.6) is 11.6 Å². The van der Waals surface area contributed by atoms with Crippen LogP contribution in [-0.2, 0) is 34.0 Å². The molecule has 3 amide bonds. The highest BCUT2D eigenvalue weighted by Crippen LogP contribution is 2.32. The Morgan fingerprint density at radius 3 is 1.16 bits per heavy atom. The van der Waals surface area contributed by atoms with E-state index in [1.165, 1.54) is 71.3 Å². The molecule has 0 atom stereocenters. The van der Waals surface area contributed by atoms with Gasteiger partial charge in [-0.15, -0.1) is 15.3 Å². The van der Waals surface area contributed by atoms with E-state index in [2.05, 4.69) is 65.0 Å². The second kappa shape index (κ2) is 33.9. The number of rotatable bonds is 17. The number of carbonyl (C=O) groups excluding carboxylic acids is 3. The molecule has 3 aliphatic heterocycles. The number of benzene rings is 6. The third-order valence-electron chi connectivity index (χ3n) is 18.9. The molecule has 3 aliphatic rings. The summed E-state index contributed by atoms with van der Waals surface area (Å²) in [7, 11) is 2.93. The number of methoxy groups -OCH3 is 2. The molecular formula is C79H76F6N20O5. The van der Waals surface area contributed by atoms with Crippen LogP contribution < -0.4 is 24.2 Å². The number of hydrogen-bond acceptors (Lipinski definition) is 19. The molecule has 0 aliphatic carbocycles. The number of halogens is 6. The summed E-state index contributed by atoms with van der Waals surface area (Å²) in [6.45, 7) is 13.6. The van der Waals surface area contributed by atoms with E-state index < -0.39 is 5.82 Å². The molecule has 0 spiro atoms. The summed E-state index contributed by atoms with van der Waals surface area (Å²) in [6, 6.07) is 38.1. The van der Waals surface area contributed by atoms with Gasteiger partial charge < -0.3 is 38.9 Å². The lowest BCUT2D eigenvalue weighted by molar-refractivity contribution is -0.133. The molecule has 3 saturated heterocycles. The number of amides is 3. The Hall–Kier alpha value is -13.0. The van der Waals surface area contributed by atoms with Crippen molar-refractivity contribution in [3.8, 4) is 80.0 Å². The van der Waals surface area contributed by atoms with Gasteiger partial charge in [0.2, 0.25) is 29.5 Å². The summed E-state index contributed by atoms with van der Waals surface area (Å²) in [5, 5.41) is 13.7. The van der Waals surface area contributed by atoms with Gasteiger partial charge in [-0.2, -0.15) is 0 Å². The van der Waals surface area contributed by atoms with Gasteiger partial charge in [-0.25, -0.2) is 80.3 Å². The normalized spacial score (nSPS) is 13.7. The first-order valence-corrected chi connectivity index (χ1v) is 35.4. The van der Waals surface area contributed by atoms with Crippen molar-refractivity contribution in [1.29, 1.82) is 0 Å². The largest absolute Gasteiger partial charge is 0.494 e. The number of carbonyl (C=O) groups is 3. The molecule has 31 heteroatoms. The van der Waals surface area contributed by atoms with Crippen LogP contribution in [0.4, 0.5) is 43.9 Å². The van der Waals surface area contributed by atoms with Gasteiger partial charge in [0.25, 0.3) is 0 Å². The average molecular weight is 1500 g/mol. The van der Waals surface area contributed by atoms with Gasteiger partial charge in [0.05, 0.1) is 14.2 Å². The van der Waals surface area contributed by atoms with Crippen molar-refractivity contribution < 1.29 is 50.2 Å². The van der Waals surface area contributed by atoms with Crippen LogP contribution in [-0.4, -0.2) is 194 Å². The fraction of sp³-hybridized carbons (Fsp3) is 0.266. The van der Waals surface area contributed by atoms with E-state index in [4.69, 9.17) is 9.47 Å². The van der Waals surface area contributed by atoms with Crippen molar-refractivity contribution in [3.63, 3.8) is 0 Å². The highest BCUT2D eigenvalue weighted by Gasteiger charge is 2.29. The highest BCUT2D eigenvalue weighted by atomic mass is 19.1. The first-order chi connectivity index (χ1) is 53.2. The predicted octanol–water partition coefficient (Wildman–Crippen LogP) is 10.9. The highest BCUT2D eigenvalue weighted by molar-refractivity contribution is 5.79. The lowest BCUT2D eigenvalue weighted by Gasteiger charge is -2.35. The number of piperazine rings is 3. The standard InChI is InChI=1S/C27H27F2N7O2.C27H26F2N6O.C25H23F2N7O2/c1-17-12-19(4-6-21(17)28)26-32-27(20-5-7-22(29)18(2)13-20)36(33-26)15-25(37)35-10-8-34(9-11-35)23-14-24(38-3)31-16-30-23;1-18-15-20(6-8-22(18)28)26-31-27(21-7-9-23(29)19(2)16-21)35(32-26)17-25(36)34-13-11-33(12-14-34)24-5-3-4-10-30-24;1-36-21-15-18(5-8-20(21)27)23-30-24(17-3-6-19(26)7-4-17)34(31-23)16-22(35)32-11-13-33(14-12-32)25-28-9-2-10-29-25/h4-7,12-14,16H,8-11,15H2,1-3H3;3-10,15-16H,11-14,17H2,1-2H3;2-10,15H,11-14,16H2,1H3. The quantitative estimate of drug-likeness (QED) is 0.0769. The number of aryl methyl sites for hydroxylation is 4. The molecule has 15 rings (SSSR count). The summed E-state index contributed by atoms with van der Waals surface area (Å²) >= 11 is 0. The van der Waals surface area contributed by atoms with E-state index in [1.807, 2.05) is 28.0 Å². The molecular weight excluding hydrogens is 1420 g/mol. The van der Waals surface area contributed by atoms with E-state index in [9.17, 15) is 40.7 Å². The Morgan fingerprint density at radius 2 is 0.745 bits per heavy atom. The van der Waals surface area contributed by atoms with Gasteiger partial charge in [0.15, 0.2) is 46.5 Å². The number of ether oxygens (including phenoxy) is 2. The lowest BCUT2D eigenvalue weighted by Crippen LogP contribution is -2.50. The molecule has 564 valence electrons. The first-order valence-electron chi connectivity index (χ1n) is 35.4. The maximum absolute atomic E-state index is 14.0. The monoisotopic (exact) mass is 1500 g/mol. The summed E-state index contributed by atoms with van der Waals surface area (Å²) < 4.78 is 97.8. The van der Waals surface area contributed by atoms with Crippen molar-refractivity contribution in [2.45, 2.75) is 47.3 Å². The number of hydrogen-bond donors (Lipinski definition) is 0. The fourth-order valence-corrected chi connectivity index (χ4v) is 12.7. The molecule has 0 radical (unpaired) electrons. The number of anilines is 3. The Kier molecular flexibility index (Phi) is 23.2. The summed E-state index contributed by atoms with van der Waals surface area (Å²) in [4.78, 5) is 86.6. The third kappa shape index (κ3) is 17.7. The van der Waals surface area contributed by atoms with Gasteiger partial charge in [0, 0.05) is 137 Å². The van der Waals surface area contributed by atoms with Crippen LogP contribution >= 0.6 is 0 Å². The number of pyridine rings is 1. The van der Waals surface area contributed by atoms with Gasteiger partial charge in [-0.1, -0.05) is 6.07 Å². The molecule has 9 heterocycles. The SMILES string of the molecule is COc1cc(-c2nc(-c3ccc(F)cc3)n(CC(=O)N3CCN(c4ncccn4)CC3)n2)ccc1F.COc1cc(N2CCN(C(=O)Cn3nc(-c4ccc(F)c(C)c4)nc3-c3ccc(F)c(C)c3)CC2)ncn1.Cc1cc(-c2nc(-c3ccc(F)c(C)c3)n(CC(=O)N3CCN(c4ccccn4)CC3)n2)ccc1F. The van der Waals surface area contributed by atoms with Crippen molar-refractivity contribution in [2.24, 2.45) is 0 Å². The Balaban J connectivity index is 0.000000145. The Morgan fingerprint density at radius 1 is 0.364 bits per heavy atom. The maximum Gasteiger partial charge on any atom is 0.244 e.